The summed E-state index contributed by atoms with van der Waals surface area (Å²) in [6.45, 7) is 0. The molecule has 0 aromatic heterocycles. The van der Waals surface area contributed by atoms with E-state index in [1.807, 2.05) is 0 Å². The summed E-state index contributed by atoms with van der Waals surface area (Å²) < 4.78 is 0. The number of hydrogen-bond donors (Lipinski definition) is 1. The van der Waals surface area contributed by atoms with E-state index in [1.165, 1.54) is 23.5 Å². The van der Waals surface area contributed by atoms with Crippen molar-refractivity contribution in [3.05, 3.63) is 11.1 Å². The number of aliphatic imine (C=N–C) groups is 1. The molecule has 0 aromatic carbocycles. The van der Waals surface area contributed by atoms with Crippen molar-refractivity contribution < 1.29 is 9.59 Å². The topological polar surface area (TPSA) is 58.5 Å². The van der Waals surface area contributed by atoms with Gasteiger partial charge in [-0.2, -0.15) is 0 Å². The molecule has 0 bridgehead atoms. The third kappa shape index (κ3) is 2.13. The molecule has 1 fully saturated rings. The number of thioether (sulfide) groups is 2. The first-order valence-corrected chi connectivity index (χ1v) is 5.60. The Hall–Kier alpha value is -0.750. The summed E-state index contributed by atoms with van der Waals surface area (Å²) in [7, 11) is 0. The summed E-state index contributed by atoms with van der Waals surface area (Å²) in [5, 5.41) is 4.15. The first-order valence-electron chi connectivity index (χ1n) is 3.63. The molecule has 2 amide bonds. The number of nitrogens with one attached hydrogen (secondary N) is 1. The Morgan fingerprint density at radius 2 is 2.15 bits per heavy atom. The number of carbonyl (C=O) groups excluding carboxylic acids is 2. The minimum absolute atomic E-state index is 0.00572. The molecule has 4 nitrogen and oxygen atoms in total. The van der Waals surface area contributed by atoms with Crippen LogP contribution in [0.5, 0.6) is 0 Å². The van der Waals surface area contributed by atoms with Gasteiger partial charge in [-0.15, -0.1) is 0 Å². The highest BCUT2D eigenvalue weighted by atomic mass is 32.2. The number of rotatable bonds is 1. The molecule has 0 spiro atoms. The van der Waals surface area contributed by atoms with E-state index in [9.17, 15) is 9.59 Å². The van der Waals surface area contributed by atoms with Gasteiger partial charge in [-0.3, -0.25) is 9.59 Å². The largest absolute Gasteiger partial charge is 0.320 e. The predicted octanol–water partition coefficient (Wildman–Crippen LogP) is 0.363. The molecule has 13 heavy (non-hydrogen) atoms. The van der Waals surface area contributed by atoms with Gasteiger partial charge in [0, 0.05) is 6.08 Å². The summed E-state index contributed by atoms with van der Waals surface area (Å²) in [4.78, 5) is 25.3. The van der Waals surface area contributed by atoms with Crippen LogP contribution >= 0.6 is 23.5 Å². The zero-order valence-corrected chi connectivity index (χ0v) is 8.20. The maximum Gasteiger partial charge on any atom is 0.257 e. The molecular weight excluding hydrogens is 208 g/mol. The molecule has 0 saturated carbocycles. The Kier molecular flexibility index (Phi) is 2.41. The molecule has 1 N–H and O–H groups in total. The maximum atomic E-state index is 10.8. The van der Waals surface area contributed by atoms with Crippen molar-refractivity contribution >= 4 is 40.4 Å². The summed E-state index contributed by atoms with van der Waals surface area (Å²) in [6.07, 6.45) is 1.74. The molecule has 2 rings (SSSR count). The molecule has 2 aliphatic rings. The molecule has 6 heteroatoms. The second-order valence-corrected chi connectivity index (χ2v) is 4.49. The molecule has 0 atom stereocenters. The Bertz CT molecular complexity index is 335. The minimum atomic E-state index is -0.105. The lowest BCUT2D eigenvalue weighted by molar-refractivity contribution is -0.117. The predicted molar refractivity (Wildman–Crippen MR) is 53.6 cm³/mol. The first kappa shape index (κ1) is 8.83. The molecule has 1 saturated heterocycles. The van der Waals surface area contributed by atoms with E-state index in [1.54, 1.807) is 6.08 Å². The van der Waals surface area contributed by atoms with Gasteiger partial charge >= 0.3 is 0 Å². The normalized spacial score (nSPS) is 25.2. The van der Waals surface area contributed by atoms with Crippen molar-refractivity contribution in [2.24, 2.45) is 4.99 Å². The van der Waals surface area contributed by atoms with Crippen molar-refractivity contribution in [1.29, 1.82) is 0 Å². The van der Waals surface area contributed by atoms with Crippen molar-refractivity contribution in [3.63, 3.8) is 0 Å². The first-order chi connectivity index (χ1) is 6.24. The van der Waals surface area contributed by atoms with Gasteiger partial charge < -0.3 is 5.32 Å². The summed E-state index contributed by atoms with van der Waals surface area (Å²) in [6, 6.07) is 0. The van der Waals surface area contributed by atoms with Crippen LogP contribution in [0.4, 0.5) is 0 Å². The third-order valence-electron chi connectivity index (χ3n) is 1.45. The molecule has 0 aromatic rings. The van der Waals surface area contributed by atoms with Gasteiger partial charge in [0.2, 0.25) is 5.91 Å². The quantitative estimate of drug-likeness (QED) is 0.685. The zero-order valence-electron chi connectivity index (χ0n) is 6.57. The second kappa shape index (κ2) is 3.55. The lowest BCUT2D eigenvalue weighted by atomic mass is 10.6. The summed E-state index contributed by atoms with van der Waals surface area (Å²) in [5.41, 5.74) is 0. The minimum Gasteiger partial charge on any atom is -0.320 e. The van der Waals surface area contributed by atoms with Gasteiger partial charge in [0.1, 0.15) is 5.04 Å². The molecule has 68 valence electrons. The second-order valence-electron chi connectivity index (χ2n) is 2.48. The fraction of sp³-hybridized carbons (Fsp3) is 0.286. The van der Waals surface area contributed by atoms with Gasteiger partial charge in [0.15, 0.2) is 0 Å². The number of carbonyl (C=O) groups is 2. The highest BCUT2D eigenvalue weighted by molar-refractivity contribution is 8.15. The van der Waals surface area contributed by atoms with Gasteiger partial charge in [0.05, 0.1) is 16.5 Å². The van der Waals surface area contributed by atoms with Crippen LogP contribution in [0.25, 0.3) is 0 Å². The molecule has 0 radical (unpaired) electrons. The fourth-order valence-electron chi connectivity index (χ4n) is 0.940. The summed E-state index contributed by atoms with van der Waals surface area (Å²) in [5.74, 6) is 0.771. The van der Waals surface area contributed by atoms with E-state index in [2.05, 4.69) is 10.3 Å². The highest BCUT2D eigenvalue weighted by Crippen LogP contribution is 2.22. The van der Waals surface area contributed by atoms with Crippen LogP contribution in [-0.2, 0) is 9.59 Å². The average molecular weight is 214 g/mol. The van der Waals surface area contributed by atoms with E-state index in [-0.39, 0.29) is 11.8 Å². The van der Waals surface area contributed by atoms with Gasteiger partial charge in [-0.1, -0.05) is 23.5 Å². The van der Waals surface area contributed by atoms with Gasteiger partial charge in [0.25, 0.3) is 5.91 Å². The fourth-order valence-corrected chi connectivity index (χ4v) is 2.46. The lowest BCUT2D eigenvalue weighted by Gasteiger charge is -1.93. The van der Waals surface area contributed by atoms with E-state index in [4.69, 9.17) is 0 Å². The van der Waals surface area contributed by atoms with Crippen LogP contribution in [0.15, 0.2) is 16.1 Å². The van der Waals surface area contributed by atoms with Crippen LogP contribution in [-0.4, -0.2) is 28.4 Å². The zero-order chi connectivity index (χ0) is 9.26. The standard InChI is InChI=1S/C7H6N2O2S2/c10-4-2-12-6(8-4)1-7-9-5(11)3-13-7/h1H,2-3H2,(H,8,10)/b6-1-. The monoisotopic (exact) mass is 214 g/mol. The van der Waals surface area contributed by atoms with E-state index in [0.717, 1.165) is 5.03 Å². The smallest absolute Gasteiger partial charge is 0.257 e. The van der Waals surface area contributed by atoms with E-state index < -0.39 is 0 Å². The summed E-state index contributed by atoms with van der Waals surface area (Å²) >= 11 is 2.83. The maximum absolute atomic E-state index is 10.8. The average Bonchev–Trinajstić information content (AvgIpc) is 2.62. The Morgan fingerprint density at radius 3 is 2.69 bits per heavy atom. The number of nitrogens with zero attached hydrogens (tertiary/aromatic N) is 1. The lowest BCUT2D eigenvalue weighted by Crippen LogP contribution is -2.14. The van der Waals surface area contributed by atoms with Crippen molar-refractivity contribution in [1.82, 2.24) is 5.32 Å². The molecule has 2 heterocycles. The number of amides is 2. The van der Waals surface area contributed by atoms with Crippen LogP contribution in [0, 0.1) is 0 Å². The van der Waals surface area contributed by atoms with Crippen molar-refractivity contribution in [3.8, 4) is 0 Å². The highest BCUT2D eigenvalue weighted by Gasteiger charge is 2.18. The molecule has 0 aliphatic carbocycles. The van der Waals surface area contributed by atoms with Crippen LogP contribution in [0.1, 0.15) is 0 Å². The third-order valence-corrected chi connectivity index (χ3v) is 3.29. The van der Waals surface area contributed by atoms with Crippen LogP contribution in [0.3, 0.4) is 0 Å². The Morgan fingerprint density at radius 1 is 1.31 bits per heavy atom. The van der Waals surface area contributed by atoms with Gasteiger partial charge in [-0.05, 0) is 0 Å². The van der Waals surface area contributed by atoms with Gasteiger partial charge in [-0.25, -0.2) is 4.99 Å². The van der Waals surface area contributed by atoms with Crippen LogP contribution < -0.4 is 5.32 Å². The Labute approximate surface area is 83.2 Å². The molecule has 2 aliphatic heterocycles. The van der Waals surface area contributed by atoms with Crippen molar-refractivity contribution in [2.45, 2.75) is 0 Å². The Balaban J connectivity index is 2.08. The number of hydrogen-bond acceptors (Lipinski definition) is 4. The van der Waals surface area contributed by atoms with Crippen molar-refractivity contribution in [2.75, 3.05) is 11.5 Å². The van der Waals surface area contributed by atoms with E-state index in [0.29, 0.717) is 16.5 Å². The molecular formula is C7H6N2O2S2. The van der Waals surface area contributed by atoms with Crippen LogP contribution in [0.2, 0.25) is 0 Å². The SMILES string of the molecule is O=C1CSC(/C=C2/NC(=O)CS2)=N1. The molecule has 0 unspecified atom stereocenters. The van der Waals surface area contributed by atoms with E-state index >= 15 is 0 Å².